The molecule has 0 aliphatic carbocycles. The molecule has 3 nitrogen and oxygen atoms in total. The minimum Gasteiger partial charge on any atom is -0.374 e. The van der Waals surface area contributed by atoms with Gasteiger partial charge in [-0.25, -0.2) is 0 Å². The Labute approximate surface area is 75.1 Å². The molecule has 0 aromatic heterocycles. The summed E-state index contributed by atoms with van der Waals surface area (Å²) in [5.74, 6) is 0. The lowest BCUT2D eigenvalue weighted by Gasteiger charge is -2.29. The molecule has 72 valence electrons. The van der Waals surface area contributed by atoms with Gasteiger partial charge in [-0.15, -0.1) is 0 Å². The van der Waals surface area contributed by atoms with Gasteiger partial charge in [-0.05, 0) is 20.9 Å². The second-order valence-electron chi connectivity index (χ2n) is 3.73. The second-order valence-corrected chi connectivity index (χ2v) is 3.73. The molecule has 12 heavy (non-hydrogen) atoms. The third-order valence-electron chi connectivity index (χ3n) is 2.38. The fourth-order valence-corrected chi connectivity index (χ4v) is 1.27. The summed E-state index contributed by atoms with van der Waals surface area (Å²) in [5.41, 5.74) is 0. The van der Waals surface area contributed by atoms with Crippen LogP contribution < -0.4 is 5.32 Å². The fraction of sp³-hybridized carbons (Fsp3) is 1.00. The lowest BCUT2D eigenvalue weighted by molar-refractivity contribution is 0.00533. The number of ether oxygens (including phenoxy) is 1. The predicted octanol–water partition coefficient (Wildman–Crippen LogP) is 0.315. The zero-order chi connectivity index (χ0) is 8.97. The Morgan fingerprint density at radius 3 is 2.83 bits per heavy atom. The normalized spacial score (nSPS) is 25.2. The van der Waals surface area contributed by atoms with Crippen molar-refractivity contribution in [2.45, 2.75) is 26.0 Å². The molecule has 1 saturated heterocycles. The van der Waals surface area contributed by atoms with Crippen LogP contribution in [0.25, 0.3) is 0 Å². The van der Waals surface area contributed by atoms with E-state index in [1.807, 2.05) is 0 Å². The molecule has 0 aromatic rings. The molecule has 1 atom stereocenters. The number of nitrogens with zero attached hydrogens (tertiary/aromatic N) is 1. The molecule has 1 rings (SSSR count). The Morgan fingerprint density at radius 2 is 2.33 bits per heavy atom. The fourth-order valence-electron chi connectivity index (χ4n) is 1.27. The van der Waals surface area contributed by atoms with E-state index in [1.165, 1.54) is 0 Å². The quantitative estimate of drug-likeness (QED) is 0.663. The largest absolute Gasteiger partial charge is 0.374 e. The van der Waals surface area contributed by atoms with Crippen LogP contribution >= 0.6 is 0 Å². The van der Waals surface area contributed by atoms with E-state index in [2.05, 4.69) is 31.1 Å². The van der Waals surface area contributed by atoms with Crippen LogP contribution in [0.5, 0.6) is 0 Å². The average Bonchev–Trinajstić information content (AvgIpc) is 2.06. The van der Waals surface area contributed by atoms with Crippen LogP contribution in [0.2, 0.25) is 0 Å². The molecule has 1 unspecified atom stereocenters. The number of rotatable bonds is 3. The van der Waals surface area contributed by atoms with Gasteiger partial charge in [0.05, 0.1) is 12.7 Å². The van der Waals surface area contributed by atoms with Crippen LogP contribution in [-0.2, 0) is 4.74 Å². The summed E-state index contributed by atoms with van der Waals surface area (Å²) < 4.78 is 5.59. The third-order valence-corrected chi connectivity index (χ3v) is 2.38. The molecule has 0 bridgehead atoms. The highest BCUT2D eigenvalue weighted by atomic mass is 16.5. The van der Waals surface area contributed by atoms with Crippen molar-refractivity contribution >= 4 is 0 Å². The molecule has 3 heteroatoms. The highest BCUT2D eigenvalue weighted by Gasteiger charge is 2.16. The highest BCUT2D eigenvalue weighted by molar-refractivity contribution is 4.71. The van der Waals surface area contributed by atoms with E-state index < -0.39 is 0 Å². The molecule has 1 fully saturated rings. The molecule has 0 saturated carbocycles. The van der Waals surface area contributed by atoms with Crippen molar-refractivity contribution in [2.75, 3.05) is 33.3 Å². The number of likely N-dealkylation sites (N-methyl/N-ethyl adjacent to an activating group) is 1. The summed E-state index contributed by atoms with van der Waals surface area (Å²) in [5, 5.41) is 3.33. The first-order valence-electron chi connectivity index (χ1n) is 4.72. The van der Waals surface area contributed by atoms with Crippen LogP contribution in [0.1, 0.15) is 13.8 Å². The molecule has 0 amide bonds. The van der Waals surface area contributed by atoms with Crippen LogP contribution in [0.3, 0.4) is 0 Å². The van der Waals surface area contributed by atoms with E-state index in [0.717, 1.165) is 26.2 Å². The van der Waals surface area contributed by atoms with Gasteiger partial charge in [-0.2, -0.15) is 0 Å². The van der Waals surface area contributed by atoms with Gasteiger partial charge in [0.15, 0.2) is 0 Å². The molecular formula is C9H20N2O. The summed E-state index contributed by atoms with van der Waals surface area (Å²) in [6.07, 6.45) is 0.381. The van der Waals surface area contributed by atoms with Crippen LogP contribution in [0, 0.1) is 0 Å². The van der Waals surface area contributed by atoms with Gasteiger partial charge < -0.3 is 15.0 Å². The zero-order valence-electron chi connectivity index (χ0n) is 8.34. The van der Waals surface area contributed by atoms with E-state index in [9.17, 15) is 0 Å². The van der Waals surface area contributed by atoms with Gasteiger partial charge in [-0.1, -0.05) is 0 Å². The first-order valence-corrected chi connectivity index (χ1v) is 4.72. The first-order chi connectivity index (χ1) is 5.70. The van der Waals surface area contributed by atoms with E-state index in [-0.39, 0.29) is 0 Å². The minimum atomic E-state index is 0.381. The van der Waals surface area contributed by atoms with Crippen LogP contribution in [0.15, 0.2) is 0 Å². The van der Waals surface area contributed by atoms with Crippen molar-refractivity contribution < 1.29 is 4.74 Å². The monoisotopic (exact) mass is 172 g/mol. The molecule has 1 aliphatic heterocycles. The van der Waals surface area contributed by atoms with Gasteiger partial charge in [0, 0.05) is 25.7 Å². The highest BCUT2D eigenvalue weighted by Crippen LogP contribution is 2.01. The second kappa shape index (κ2) is 4.80. The maximum atomic E-state index is 5.59. The van der Waals surface area contributed by atoms with Gasteiger partial charge in [-0.3, -0.25) is 0 Å². The number of morpholine rings is 1. The Kier molecular flexibility index (Phi) is 3.98. The van der Waals surface area contributed by atoms with Crippen molar-refractivity contribution in [3.63, 3.8) is 0 Å². The molecule has 0 spiro atoms. The first kappa shape index (κ1) is 9.96. The van der Waals surface area contributed by atoms with Gasteiger partial charge >= 0.3 is 0 Å². The topological polar surface area (TPSA) is 24.5 Å². The predicted molar refractivity (Wildman–Crippen MR) is 50.4 cm³/mol. The summed E-state index contributed by atoms with van der Waals surface area (Å²) in [6, 6.07) is 0.607. The smallest absolute Gasteiger partial charge is 0.0826 e. The zero-order valence-corrected chi connectivity index (χ0v) is 8.34. The Hall–Kier alpha value is -0.120. The van der Waals surface area contributed by atoms with Crippen molar-refractivity contribution in [2.24, 2.45) is 0 Å². The standard InChI is InChI=1S/C9H20N2O/c1-8(2)11(3)7-9-6-10-4-5-12-9/h8-10H,4-7H2,1-3H3. The van der Waals surface area contributed by atoms with Gasteiger partial charge in [0.1, 0.15) is 0 Å². The number of hydrogen-bond donors (Lipinski definition) is 1. The molecule has 0 aromatic carbocycles. The summed E-state index contributed by atoms with van der Waals surface area (Å²) in [7, 11) is 2.14. The molecule has 1 N–H and O–H groups in total. The lowest BCUT2D eigenvalue weighted by Crippen LogP contribution is -2.45. The lowest BCUT2D eigenvalue weighted by atomic mass is 10.2. The molecular weight excluding hydrogens is 152 g/mol. The van der Waals surface area contributed by atoms with Crippen LogP contribution in [0.4, 0.5) is 0 Å². The van der Waals surface area contributed by atoms with E-state index in [1.54, 1.807) is 0 Å². The van der Waals surface area contributed by atoms with Crippen molar-refractivity contribution in [1.29, 1.82) is 0 Å². The van der Waals surface area contributed by atoms with Crippen molar-refractivity contribution in [3.8, 4) is 0 Å². The minimum absolute atomic E-state index is 0.381. The van der Waals surface area contributed by atoms with E-state index in [0.29, 0.717) is 12.1 Å². The van der Waals surface area contributed by atoms with E-state index >= 15 is 0 Å². The summed E-state index contributed by atoms with van der Waals surface area (Å²) in [6.45, 7) is 8.30. The maximum Gasteiger partial charge on any atom is 0.0826 e. The van der Waals surface area contributed by atoms with Crippen molar-refractivity contribution in [3.05, 3.63) is 0 Å². The molecule has 0 radical (unpaired) electrons. The van der Waals surface area contributed by atoms with Gasteiger partial charge in [0.25, 0.3) is 0 Å². The van der Waals surface area contributed by atoms with Crippen LogP contribution in [-0.4, -0.2) is 50.3 Å². The average molecular weight is 172 g/mol. The van der Waals surface area contributed by atoms with Gasteiger partial charge in [0.2, 0.25) is 0 Å². The summed E-state index contributed by atoms with van der Waals surface area (Å²) in [4.78, 5) is 2.32. The Balaban J connectivity index is 2.20. The SMILES string of the molecule is CC(C)N(C)CC1CNCCO1. The number of nitrogens with one attached hydrogen (secondary N) is 1. The van der Waals surface area contributed by atoms with Crippen molar-refractivity contribution in [1.82, 2.24) is 10.2 Å². The third kappa shape index (κ3) is 3.09. The Morgan fingerprint density at radius 1 is 1.58 bits per heavy atom. The molecule has 1 heterocycles. The Bertz CT molecular complexity index is 122. The maximum absolute atomic E-state index is 5.59. The molecule has 1 aliphatic rings. The van der Waals surface area contributed by atoms with E-state index in [4.69, 9.17) is 4.74 Å². The number of hydrogen-bond acceptors (Lipinski definition) is 3. The summed E-state index contributed by atoms with van der Waals surface area (Å²) >= 11 is 0.